The van der Waals surface area contributed by atoms with Crippen molar-refractivity contribution in [3.05, 3.63) is 58.3 Å². The lowest BCUT2D eigenvalue weighted by Gasteiger charge is -2.06. The van der Waals surface area contributed by atoms with Crippen molar-refractivity contribution in [3.63, 3.8) is 0 Å². The quantitative estimate of drug-likeness (QED) is 0.840. The minimum Gasteiger partial charge on any atom is -0.452 e. The molecule has 1 aromatic carbocycles. The lowest BCUT2D eigenvalue weighted by Crippen LogP contribution is -2.35. The molecule has 0 saturated heterocycles. The SMILES string of the molecule is Cn1cccc1C(=O)NC(=O)COC(=O)c1cccc(Br)c1. The van der Waals surface area contributed by atoms with Crippen LogP contribution in [0.4, 0.5) is 0 Å². The van der Waals surface area contributed by atoms with Crippen molar-refractivity contribution in [1.82, 2.24) is 9.88 Å². The predicted octanol–water partition coefficient (Wildman–Crippen LogP) is 1.90. The third-order valence-corrected chi connectivity index (χ3v) is 3.32. The molecule has 7 heteroatoms. The van der Waals surface area contributed by atoms with Crippen LogP contribution in [0.3, 0.4) is 0 Å². The summed E-state index contributed by atoms with van der Waals surface area (Å²) in [4.78, 5) is 35.2. The lowest BCUT2D eigenvalue weighted by atomic mass is 10.2. The fraction of sp³-hybridized carbons (Fsp3) is 0.133. The van der Waals surface area contributed by atoms with Crippen molar-refractivity contribution in [3.8, 4) is 0 Å². The smallest absolute Gasteiger partial charge is 0.338 e. The largest absolute Gasteiger partial charge is 0.452 e. The monoisotopic (exact) mass is 364 g/mol. The summed E-state index contributed by atoms with van der Waals surface area (Å²) < 4.78 is 7.17. The van der Waals surface area contributed by atoms with Crippen LogP contribution < -0.4 is 5.32 Å². The van der Waals surface area contributed by atoms with Gasteiger partial charge in [-0.25, -0.2) is 4.79 Å². The molecule has 0 aliphatic carbocycles. The van der Waals surface area contributed by atoms with E-state index in [9.17, 15) is 14.4 Å². The third-order valence-electron chi connectivity index (χ3n) is 2.82. The number of nitrogens with zero attached hydrogens (tertiary/aromatic N) is 1. The lowest BCUT2D eigenvalue weighted by molar-refractivity contribution is -0.123. The Morgan fingerprint density at radius 1 is 1.23 bits per heavy atom. The van der Waals surface area contributed by atoms with Gasteiger partial charge < -0.3 is 9.30 Å². The van der Waals surface area contributed by atoms with Crippen LogP contribution in [0.5, 0.6) is 0 Å². The highest BCUT2D eigenvalue weighted by Gasteiger charge is 2.15. The van der Waals surface area contributed by atoms with Gasteiger partial charge in [0.25, 0.3) is 11.8 Å². The molecule has 0 saturated carbocycles. The molecule has 0 aliphatic heterocycles. The highest BCUT2D eigenvalue weighted by molar-refractivity contribution is 9.10. The fourth-order valence-corrected chi connectivity index (χ4v) is 2.15. The summed E-state index contributed by atoms with van der Waals surface area (Å²) in [5, 5.41) is 2.16. The number of halogens is 1. The van der Waals surface area contributed by atoms with Crippen molar-refractivity contribution in [2.45, 2.75) is 0 Å². The number of aromatic nitrogens is 1. The van der Waals surface area contributed by atoms with Gasteiger partial charge in [-0.1, -0.05) is 22.0 Å². The van der Waals surface area contributed by atoms with Crippen LogP contribution in [0.25, 0.3) is 0 Å². The maximum Gasteiger partial charge on any atom is 0.338 e. The standard InChI is InChI=1S/C15H13BrN2O4/c1-18-7-3-6-12(18)14(20)17-13(19)9-22-15(21)10-4-2-5-11(16)8-10/h2-8H,9H2,1H3,(H,17,19,20). The Morgan fingerprint density at radius 2 is 2.00 bits per heavy atom. The summed E-state index contributed by atoms with van der Waals surface area (Å²) in [6.45, 7) is -0.526. The summed E-state index contributed by atoms with van der Waals surface area (Å²) in [6, 6.07) is 9.86. The van der Waals surface area contributed by atoms with Crippen molar-refractivity contribution < 1.29 is 19.1 Å². The molecule has 22 heavy (non-hydrogen) atoms. The van der Waals surface area contributed by atoms with Gasteiger partial charge in [-0.3, -0.25) is 14.9 Å². The normalized spacial score (nSPS) is 10.1. The minimum atomic E-state index is -0.686. The van der Waals surface area contributed by atoms with Crippen LogP contribution >= 0.6 is 15.9 Å². The maximum atomic E-state index is 11.8. The van der Waals surface area contributed by atoms with E-state index in [4.69, 9.17) is 4.74 Å². The Bertz CT molecular complexity index is 724. The van der Waals surface area contributed by atoms with Crippen molar-refractivity contribution in [1.29, 1.82) is 0 Å². The number of carbonyl (C=O) groups is 3. The maximum absolute atomic E-state index is 11.8. The number of carbonyl (C=O) groups excluding carboxylic acids is 3. The molecule has 1 N–H and O–H groups in total. The average molecular weight is 365 g/mol. The number of rotatable bonds is 4. The second-order valence-corrected chi connectivity index (χ2v) is 5.38. The van der Waals surface area contributed by atoms with E-state index in [2.05, 4.69) is 21.2 Å². The molecule has 114 valence electrons. The van der Waals surface area contributed by atoms with Crippen LogP contribution in [0.15, 0.2) is 47.1 Å². The van der Waals surface area contributed by atoms with Crippen LogP contribution in [-0.2, 0) is 16.6 Å². The van der Waals surface area contributed by atoms with Gasteiger partial charge in [0, 0.05) is 17.7 Å². The molecule has 6 nitrogen and oxygen atoms in total. The third kappa shape index (κ3) is 4.05. The summed E-state index contributed by atoms with van der Waals surface area (Å²) in [5.74, 6) is -1.87. The van der Waals surface area contributed by atoms with Gasteiger partial charge >= 0.3 is 5.97 Å². The van der Waals surface area contributed by atoms with E-state index in [0.717, 1.165) is 4.47 Å². The molecule has 0 atom stereocenters. The molecular weight excluding hydrogens is 352 g/mol. The summed E-state index contributed by atoms with van der Waals surface area (Å²) in [6.07, 6.45) is 1.69. The molecule has 0 bridgehead atoms. The first-order valence-corrected chi connectivity index (χ1v) is 7.15. The van der Waals surface area contributed by atoms with Crippen LogP contribution in [0, 0.1) is 0 Å². The summed E-state index contributed by atoms with van der Waals surface area (Å²) >= 11 is 3.24. The molecule has 2 aromatic rings. The van der Waals surface area contributed by atoms with Crippen LogP contribution in [0.2, 0.25) is 0 Å². The molecule has 0 spiro atoms. The highest BCUT2D eigenvalue weighted by Crippen LogP contribution is 2.12. The number of amides is 2. The van der Waals surface area contributed by atoms with Gasteiger partial charge in [0.05, 0.1) is 5.56 Å². The number of hydrogen-bond acceptors (Lipinski definition) is 4. The number of esters is 1. The van der Waals surface area contributed by atoms with Gasteiger partial charge in [0.2, 0.25) is 0 Å². The molecule has 0 fully saturated rings. The summed E-state index contributed by atoms with van der Waals surface area (Å²) in [5.41, 5.74) is 0.655. The second kappa shape index (κ2) is 7.04. The Balaban J connectivity index is 1.87. The fourth-order valence-electron chi connectivity index (χ4n) is 1.75. The Hall–Kier alpha value is -2.41. The number of benzene rings is 1. The zero-order valence-corrected chi connectivity index (χ0v) is 13.3. The van der Waals surface area contributed by atoms with E-state index >= 15 is 0 Å². The Kier molecular flexibility index (Phi) is 5.11. The first-order chi connectivity index (χ1) is 10.5. The first-order valence-electron chi connectivity index (χ1n) is 6.35. The summed E-state index contributed by atoms with van der Waals surface area (Å²) in [7, 11) is 1.69. The Labute approximate surface area is 135 Å². The van der Waals surface area contributed by atoms with Gasteiger partial charge in [-0.15, -0.1) is 0 Å². The van der Waals surface area contributed by atoms with Crippen molar-refractivity contribution in [2.75, 3.05) is 6.61 Å². The van der Waals surface area contributed by atoms with Crippen LogP contribution in [-0.4, -0.2) is 29.0 Å². The van der Waals surface area contributed by atoms with E-state index in [1.54, 1.807) is 54.2 Å². The van der Waals surface area contributed by atoms with Crippen molar-refractivity contribution in [2.24, 2.45) is 7.05 Å². The average Bonchev–Trinajstić information content (AvgIpc) is 2.91. The van der Waals surface area contributed by atoms with Crippen molar-refractivity contribution >= 4 is 33.7 Å². The first kappa shape index (κ1) is 16.0. The van der Waals surface area contributed by atoms with E-state index in [-0.39, 0.29) is 0 Å². The number of hydrogen-bond donors (Lipinski definition) is 1. The molecule has 0 unspecified atom stereocenters. The molecule has 1 aromatic heterocycles. The number of nitrogens with one attached hydrogen (secondary N) is 1. The number of aryl methyl sites for hydroxylation is 1. The van der Waals surface area contributed by atoms with Gasteiger partial charge in [-0.2, -0.15) is 0 Å². The highest BCUT2D eigenvalue weighted by atomic mass is 79.9. The minimum absolute atomic E-state index is 0.316. The zero-order valence-electron chi connectivity index (χ0n) is 11.7. The molecule has 0 radical (unpaired) electrons. The molecule has 2 amide bonds. The second-order valence-electron chi connectivity index (χ2n) is 4.47. The van der Waals surface area contributed by atoms with Crippen LogP contribution in [0.1, 0.15) is 20.8 Å². The topological polar surface area (TPSA) is 77.4 Å². The van der Waals surface area contributed by atoms with Gasteiger partial charge in [0.1, 0.15) is 5.69 Å². The van der Waals surface area contributed by atoms with E-state index in [0.29, 0.717) is 11.3 Å². The number of ether oxygens (including phenoxy) is 1. The van der Waals surface area contributed by atoms with E-state index in [1.807, 2.05) is 0 Å². The Morgan fingerprint density at radius 3 is 2.64 bits per heavy atom. The van der Waals surface area contributed by atoms with Gasteiger partial charge in [0.15, 0.2) is 6.61 Å². The van der Waals surface area contributed by atoms with E-state index in [1.165, 1.54) is 0 Å². The molecule has 0 aliphatic rings. The van der Waals surface area contributed by atoms with E-state index < -0.39 is 24.4 Å². The zero-order chi connectivity index (χ0) is 16.1. The molecule has 2 rings (SSSR count). The molecular formula is C15H13BrN2O4. The van der Waals surface area contributed by atoms with Gasteiger partial charge in [-0.05, 0) is 30.3 Å². The number of imide groups is 1. The molecule has 1 heterocycles. The predicted molar refractivity (Wildman–Crippen MR) is 82.3 cm³/mol.